The number of morpholine rings is 1. The number of likely N-dealkylation sites (N-methyl/N-ethyl adjacent to an activating group) is 1. The number of carbonyl (C=O) groups is 2. The van der Waals surface area contributed by atoms with Gasteiger partial charge in [-0.25, -0.2) is 0 Å². The van der Waals surface area contributed by atoms with Gasteiger partial charge in [-0.15, -0.1) is 0 Å². The standard InChI is InChI=1S/C29H33ClN2O6/c1-3-31-12-14-36-23-10-5-4-8-20(23)9-6-7-11-29(28(31)34)19-32(13-15-37-29)27(33)25-17-21-16-22(30)18-24(35-2)26(21)38-25/h4-5,8,10,16-18H,3,6-7,9,11-15,19H2,1-2H3. The lowest BCUT2D eigenvalue weighted by atomic mass is 9.91. The molecule has 1 spiro atoms. The van der Waals surface area contributed by atoms with Crippen molar-refractivity contribution in [2.24, 2.45) is 0 Å². The molecule has 3 heterocycles. The predicted molar refractivity (Wildman–Crippen MR) is 144 cm³/mol. The maximum atomic E-state index is 13.9. The van der Waals surface area contributed by atoms with E-state index in [0.717, 1.165) is 25.0 Å². The number of fused-ring (bicyclic) bond motifs is 2. The number of hydrogen-bond acceptors (Lipinski definition) is 6. The molecule has 2 amide bonds. The Balaban J connectivity index is 1.40. The van der Waals surface area contributed by atoms with Crippen LogP contribution in [0.3, 0.4) is 0 Å². The van der Waals surface area contributed by atoms with Gasteiger partial charge in [0.25, 0.3) is 11.8 Å². The summed E-state index contributed by atoms with van der Waals surface area (Å²) in [7, 11) is 1.53. The molecule has 38 heavy (non-hydrogen) atoms. The van der Waals surface area contributed by atoms with Gasteiger partial charge in [0.1, 0.15) is 12.4 Å². The second-order valence-electron chi connectivity index (χ2n) is 9.75. The summed E-state index contributed by atoms with van der Waals surface area (Å²) in [5.74, 6) is 1.12. The zero-order chi connectivity index (χ0) is 26.7. The van der Waals surface area contributed by atoms with Crippen LogP contribution in [0.2, 0.25) is 5.02 Å². The normalized spacial score (nSPS) is 21.0. The van der Waals surface area contributed by atoms with E-state index in [4.69, 9.17) is 30.2 Å². The van der Waals surface area contributed by atoms with Crippen LogP contribution >= 0.6 is 11.6 Å². The van der Waals surface area contributed by atoms with E-state index < -0.39 is 5.60 Å². The number of furan rings is 1. The highest BCUT2D eigenvalue weighted by atomic mass is 35.5. The number of para-hydroxylation sites is 1. The van der Waals surface area contributed by atoms with Gasteiger partial charge in [-0.3, -0.25) is 9.59 Å². The van der Waals surface area contributed by atoms with E-state index in [-0.39, 0.29) is 30.7 Å². The van der Waals surface area contributed by atoms with Gasteiger partial charge in [0.2, 0.25) is 0 Å². The van der Waals surface area contributed by atoms with Crippen molar-refractivity contribution in [3.8, 4) is 11.5 Å². The van der Waals surface area contributed by atoms with Gasteiger partial charge in [-0.2, -0.15) is 0 Å². The van der Waals surface area contributed by atoms with Gasteiger partial charge in [0.15, 0.2) is 22.7 Å². The van der Waals surface area contributed by atoms with Gasteiger partial charge >= 0.3 is 0 Å². The van der Waals surface area contributed by atoms with Crippen molar-refractivity contribution in [1.29, 1.82) is 0 Å². The minimum atomic E-state index is -1.12. The van der Waals surface area contributed by atoms with Gasteiger partial charge < -0.3 is 28.4 Å². The summed E-state index contributed by atoms with van der Waals surface area (Å²) in [5.41, 5.74) is 0.511. The van der Waals surface area contributed by atoms with E-state index in [1.807, 2.05) is 25.1 Å². The molecule has 1 unspecified atom stereocenters. The van der Waals surface area contributed by atoms with Crippen molar-refractivity contribution in [1.82, 2.24) is 9.80 Å². The molecule has 202 valence electrons. The summed E-state index contributed by atoms with van der Waals surface area (Å²) in [4.78, 5) is 31.0. The molecule has 2 aliphatic rings. The molecule has 9 heteroatoms. The molecule has 0 aliphatic carbocycles. The Hall–Kier alpha value is -3.23. The number of methoxy groups -OCH3 is 1. The van der Waals surface area contributed by atoms with Crippen LogP contribution in [-0.2, 0) is 16.0 Å². The molecule has 5 rings (SSSR count). The van der Waals surface area contributed by atoms with Crippen LogP contribution in [0, 0.1) is 0 Å². The number of amides is 2. The van der Waals surface area contributed by atoms with Crippen LogP contribution in [0.4, 0.5) is 0 Å². The van der Waals surface area contributed by atoms with Gasteiger partial charge in [-0.1, -0.05) is 29.8 Å². The predicted octanol–water partition coefficient (Wildman–Crippen LogP) is 4.96. The molecule has 1 atom stereocenters. The summed E-state index contributed by atoms with van der Waals surface area (Å²) >= 11 is 6.20. The highest BCUT2D eigenvalue weighted by molar-refractivity contribution is 6.31. The highest BCUT2D eigenvalue weighted by Crippen LogP contribution is 2.34. The third-order valence-electron chi connectivity index (χ3n) is 7.38. The summed E-state index contributed by atoms with van der Waals surface area (Å²) in [6.45, 7) is 4.09. The average molecular weight is 541 g/mol. The molecule has 3 aromatic rings. The smallest absolute Gasteiger partial charge is 0.289 e. The molecule has 1 aromatic heterocycles. The first-order valence-corrected chi connectivity index (χ1v) is 13.5. The van der Waals surface area contributed by atoms with Crippen LogP contribution in [-0.4, -0.2) is 73.7 Å². The quantitative estimate of drug-likeness (QED) is 0.467. The van der Waals surface area contributed by atoms with Crippen molar-refractivity contribution < 1.29 is 28.2 Å². The summed E-state index contributed by atoms with van der Waals surface area (Å²) < 4.78 is 23.6. The molecule has 0 N–H and O–H groups in total. The van der Waals surface area contributed by atoms with Crippen LogP contribution < -0.4 is 9.47 Å². The van der Waals surface area contributed by atoms with Crippen molar-refractivity contribution in [3.63, 3.8) is 0 Å². The monoisotopic (exact) mass is 540 g/mol. The summed E-state index contributed by atoms with van der Waals surface area (Å²) in [6, 6.07) is 13.1. The number of aryl methyl sites for hydroxylation is 1. The molecule has 1 fully saturated rings. The topological polar surface area (TPSA) is 81.5 Å². The van der Waals surface area contributed by atoms with E-state index in [1.165, 1.54) is 12.7 Å². The molecule has 2 aromatic carbocycles. The van der Waals surface area contributed by atoms with E-state index in [9.17, 15) is 9.59 Å². The van der Waals surface area contributed by atoms with Gasteiger partial charge in [-0.05, 0) is 56.4 Å². The minimum absolute atomic E-state index is 0.104. The lowest BCUT2D eigenvalue weighted by Gasteiger charge is -2.43. The van der Waals surface area contributed by atoms with Crippen molar-refractivity contribution in [2.45, 2.75) is 38.2 Å². The van der Waals surface area contributed by atoms with Crippen LogP contribution in [0.5, 0.6) is 11.5 Å². The fourth-order valence-electron chi connectivity index (χ4n) is 5.38. The maximum absolute atomic E-state index is 13.9. The fraction of sp³-hybridized carbons (Fsp3) is 0.448. The molecular weight excluding hydrogens is 508 g/mol. The average Bonchev–Trinajstić information content (AvgIpc) is 3.36. The zero-order valence-corrected chi connectivity index (χ0v) is 22.6. The van der Waals surface area contributed by atoms with E-state index in [2.05, 4.69) is 6.07 Å². The summed E-state index contributed by atoms with van der Waals surface area (Å²) in [5, 5.41) is 1.17. The number of nitrogens with zero attached hydrogens (tertiary/aromatic N) is 2. The number of carbonyl (C=O) groups excluding carboxylic acids is 2. The van der Waals surface area contributed by atoms with E-state index in [1.54, 1.807) is 28.0 Å². The maximum Gasteiger partial charge on any atom is 0.289 e. The summed E-state index contributed by atoms with van der Waals surface area (Å²) in [6.07, 6.45) is 3.03. The Kier molecular flexibility index (Phi) is 7.81. The molecule has 0 radical (unpaired) electrons. The Morgan fingerprint density at radius 2 is 1.97 bits per heavy atom. The van der Waals surface area contributed by atoms with E-state index in [0.29, 0.717) is 54.4 Å². The third-order valence-corrected chi connectivity index (χ3v) is 7.60. The number of ether oxygens (including phenoxy) is 3. The lowest BCUT2D eigenvalue weighted by Crippen LogP contribution is -2.62. The first-order chi connectivity index (χ1) is 18.4. The van der Waals surface area contributed by atoms with Crippen LogP contribution in [0.1, 0.15) is 42.3 Å². The van der Waals surface area contributed by atoms with Crippen molar-refractivity contribution >= 4 is 34.4 Å². The third kappa shape index (κ3) is 5.20. The fourth-order valence-corrected chi connectivity index (χ4v) is 5.59. The van der Waals surface area contributed by atoms with Gasteiger partial charge in [0, 0.05) is 29.6 Å². The first-order valence-electron chi connectivity index (χ1n) is 13.1. The minimum Gasteiger partial charge on any atom is -0.493 e. The molecule has 0 bridgehead atoms. The highest BCUT2D eigenvalue weighted by Gasteiger charge is 2.47. The largest absolute Gasteiger partial charge is 0.493 e. The molecule has 8 nitrogen and oxygen atoms in total. The Bertz CT molecular complexity index is 1320. The number of halogens is 1. The lowest BCUT2D eigenvalue weighted by molar-refractivity contribution is -0.170. The molecule has 1 saturated heterocycles. The van der Waals surface area contributed by atoms with Gasteiger partial charge in [0.05, 0.1) is 26.8 Å². The SMILES string of the molecule is CCN1CCOc2ccccc2CCCCC2(CN(C(=O)c3cc4cc(Cl)cc(OC)c4o3)CCO2)C1=O. The van der Waals surface area contributed by atoms with E-state index >= 15 is 0 Å². The molecule has 2 aliphatic heterocycles. The number of hydrogen-bond donors (Lipinski definition) is 0. The Morgan fingerprint density at radius 1 is 1.13 bits per heavy atom. The second kappa shape index (κ2) is 11.3. The number of rotatable bonds is 3. The zero-order valence-electron chi connectivity index (χ0n) is 21.8. The number of benzene rings is 2. The van der Waals surface area contributed by atoms with Crippen LogP contribution in [0.25, 0.3) is 11.0 Å². The Morgan fingerprint density at radius 3 is 2.79 bits per heavy atom. The molecular formula is C29H33ClN2O6. The van der Waals surface area contributed by atoms with Crippen LogP contribution in [0.15, 0.2) is 46.9 Å². The Labute approximate surface area is 227 Å². The van der Waals surface area contributed by atoms with Crippen molar-refractivity contribution in [2.75, 3.05) is 46.5 Å². The first kappa shape index (κ1) is 26.4. The second-order valence-corrected chi connectivity index (χ2v) is 10.2. The molecule has 0 saturated carbocycles. The van der Waals surface area contributed by atoms with Crippen molar-refractivity contribution in [3.05, 3.63) is 58.8 Å².